The van der Waals surface area contributed by atoms with Crippen LogP contribution in [0.3, 0.4) is 0 Å². The number of anilines is 1. The Morgan fingerprint density at radius 3 is 2.65 bits per heavy atom. The fourth-order valence-corrected chi connectivity index (χ4v) is 5.03. The fraction of sp³-hybridized carbons (Fsp3) is 0.680. The lowest BCUT2D eigenvalue weighted by Gasteiger charge is -2.30. The molecule has 0 N–H and O–H groups in total. The van der Waals surface area contributed by atoms with Crippen LogP contribution in [-0.2, 0) is 20.7 Å². The van der Waals surface area contributed by atoms with E-state index in [2.05, 4.69) is 28.8 Å². The van der Waals surface area contributed by atoms with Gasteiger partial charge in [-0.15, -0.1) is 0 Å². The molecule has 0 radical (unpaired) electrons. The molecular weight excluding hydrogens is 392 g/mol. The highest BCUT2D eigenvalue weighted by atomic mass is 16.5. The number of rotatable bonds is 6. The summed E-state index contributed by atoms with van der Waals surface area (Å²) in [5, 5.41) is 0. The molecule has 1 saturated heterocycles. The van der Waals surface area contributed by atoms with Crippen molar-refractivity contribution < 1.29 is 19.1 Å². The Hall–Kier alpha value is -2.08. The van der Waals surface area contributed by atoms with Crippen molar-refractivity contribution in [3.05, 3.63) is 29.3 Å². The summed E-state index contributed by atoms with van der Waals surface area (Å²) in [5.41, 5.74) is 3.25. The van der Waals surface area contributed by atoms with Crippen LogP contribution in [0, 0.1) is 11.8 Å². The summed E-state index contributed by atoms with van der Waals surface area (Å²) in [7, 11) is 5.35. The number of amides is 1. The van der Waals surface area contributed by atoms with E-state index >= 15 is 0 Å². The summed E-state index contributed by atoms with van der Waals surface area (Å²) in [5.74, 6) is 1.28. The standard InChI is InChI=1S/C25H38N2O4/c1-26-14-4-6-19(20-12-16-31-17-13-20)8-9-21-18-22(10-11-23(21)26)25(29)27(2)15-5-7-24(28)30-3/h10-11,18-20H,4-9,12-17H2,1-3H3/t19-/m1/s1. The molecule has 1 atom stereocenters. The van der Waals surface area contributed by atoms with Gasteiger partial charge >= 0.3 is 5.97 Å². The van der Waals surface area contributed by atoms with Gasteiger partial charge in [0.15, 0.2) is 0 Å². The minimum absolute atomic E-state index is 0.0103. The van der Waals surface area contributed by atoms with E-state index in [0.29, 0.717) is 19.4 Å². The minimum atomic E-state index is -0.236. The molecule has 3 rings (SSSR count). The highest BCUT2D eigenvalue weighted by Crippen LogP contribution is 2.34. The van der Waals surface area contributed by atoms with Crippen LogP contribution < -0.4 is 4.90 Å². The van der Waals surface area contributed by atoms with Crippen LogP contribution in [0.25, 0.3) is 0 Å². The van der Waals surface area contributed by atoms with Crippen LogP contribution in [0.1, 0.15) is 60.9 Å². The van der Waals surface area contributed by atoms with Gasteiger partial charge in [0, 0.05) is 58.1 Å². The van der Waals surface area contributed by atoms with Gasteiger partial charge < -0.3 is 19.3 Å². The number of esters is 1. The molecule has 6 nitrogen and oxygen atoms in total. The third-order valence-corrected chi connectivity index (χ3v) is 6.97. The van der Waals surface area contributed by atoms with Crippen molar-refractivity contribution in [2.75, 3.05) is 52.4 Å². The Labute approximate surface area is 186 Å². The fourth-order valence-electron chi connectivity index (χ4n) is 5.03. The van der Waals surface area contributed by atoms with E-state index in [4.69, 9.17) is 4.74 Å². The second kappa shape index (κ2) is 11.5. The van der Waals surface area contributed by atoms with Crippen molar-refractivity contribution in [2.45, 2.75) is 51.4 Å². The normalized spacial score (nSPS) is 20.2. The average Bonchev–Trinajstić information content (AvgIpc) is 2.87. The van der Waals surface area contributed by atoms with E-state index in [0.717, 1.165) is 43.6 Å². The van der Waals surface area contributed by atoms with Gasteiger partial charge in [-0.05, 0) is 80.5 Å². The quantitative estimate of drug-likeness (QED) is 0.641. The molecule has 0 bridgehead atoms. The number of carbonyl (C=O) groups excluding carboxylic acids is 2. The molecule has 0 spiro atoms. The van der Waals surface area contributed by atoms with E-state index in [1.54, 1.807) is 11.9 Å². The van der Waals surface area contributed by atoms with Crippen LogP contribution in [0.2, 0.25) is 0 Å². The second-order valence-electron chi connectivity index (χ2n) is 9.06. The molecule has 0 unspecified atom stereocenters. The van der Waals surface area contributed by atoms with Crippen molar-refractivity contribution in [1.29, 1.82) is 0 Å². The van der Waals surface area contributed by atoms with E-state index in [-0.39, 0.29) is 11.9 Å². The number of benzene rings is 1. The highest BCUT2D eigenvalue weighted by molar-refractivity contribution is 5.94. The van der Waals surface area contributed by atoms with E-state index in [1.165, 1.54) is 50.5 Å². The van der Waals surface area contributed by atoms with Gasteiger partial charge in [0.2, 0.25) is 0 Å². The lowest BCUT2D eigenvalue weighted by molar-refractivity contribution is -0.140. The minimum Gasteiger partial charge on any atom is -0.469 e. The second-order valence-corrected chi connectivity index (χ2v) is 9.06. The number of hydrogen-bond donors (Lipinski definition) is 0. The molecule has 2 heterocycles. The van der Waals surface area contributed by atoms with Gasteiger partial charge in [-0.25, -0.2) is 0 Å². The molecule has 0 aromatic heterocycles. The summed E-state index contributed by atoms with van der Waals surface area (Å²) in [6.07, 6.45) is 7.98. The van der Waals surface area contributed by atoms with Gasteiger partial charge in [-0.1, -0.05) is 0 Å². The lowest BCUT2D eigenvalue weighted by Crippen LogP contribution is -2.28. The molecule has 1 amide bonds. The maximum atomic E-state index is 13.0. The first-order chi connectivity index (χ1) is 15.0. The van der Waals surface area contributed by atoms with Crippen LogP contribution >= 0.6 is 0 Å². The largest absolute Gasteiger partial charge is 0.469 e. The summed E-state index contributed by atoms with van der Waals surface area (Å²) in [6.45, 7) is 3.39. The maximum absolute atomic E-state index is 13.0. The predicted octanol–water partition coefficient (Wildman–Crippen LogP) is 3.92. The molecule has 0 saturated carbocycles. The Balaban J connectivity index is 1.69. The Morgan fingerprint density at radius 2 is 1.90 bits per heavy atom. The zero-order chi connectivity index (χ0) is 22.2. The molecule has 1 aromatic rings. The third kappa shape index (κ3) is 6.45. The number of aryl methyl sites for hydroxylation is 1. The average molecular weight is 431 g/mol. The van der Waals surface area contributed by atoms with Crippen LogP contribution in [-0.4, -0.2) is 64.3 Å². The van der Waals surface area contributed by atoms with E-state index in [9.17, 15) is 9.59 Å². The highest BCUT2D eigenvalue weighted by Gasteiger charge is 2.26. The molecule has 2 aliphatic rings. The zero-order valence-electron chi connectivity index (χ0n) is 19.4. The molecule has 172 valence electrons. The molecule has 1 aromatic carbocycles. The van der Waals surface area contributed by atoms with E-state index < -0.39 is 0 Å². The first-order valence-electron chi connectivity index (χ1n) is 11.7. The Kier molecular flexibility index (Phi) is 8.76. The van der Waals surface area contributed by atoms with Crippen LogP contribution in [0.5, 0.6) is 0 Å². The molecule has 0 aliphatic carbocycles. The van der Waals surface area contributed by atoms with Crippen molar-refractivity contribution in [3.8, 4) is 0 Å². The number of nitrogens with zero attached hydrogens (tertiary/aromatic N) is 2. The Morgan fingerprint density at radius 1 is 1.16 bits per heavy atom. The molecule has 2 aliphatic heterocycles. The number of ether oxygens (including phenoxy) is 2. The predicted molar refractivity (Wildman–Crippen MR) is 123 cm³/mol. The zero-order valence-corrected chi connectivity index (χ0v) is 19.4. The van der Waals surface area contributed by atoms with Gasteiger partial charge in [-0.2, -0.15) is 0 Å². The van der Waals surface area contributed by atoms with Gasteiger partial charge in [0.1, 0.15) is 0 Å². The van der Waals surface area contributed by atoms with Gasteiger partial charge in [0.05, 0.1) is 7.11 Å². The van der Waals surface area contributed by atoms with Crippen molar-refractivity contribution >= 4 is 17.6 Å². The van der Waals surface area contributed by atoms with Crippen molar-refractivity contribution in [1.82, 2.24) is 4.90 Å². The van der Waals surface area contributed by atoms with Crippen LogP contribution in [0.4, 0.5) is 5.69 Å². The smallest absolute Gasteiger partial charge is 0.305 e. The SMILES string of the molecule is COC(=O)CCCN(C)C(=O)c1ccc2c(c1)CC[C@H](C1CCOCC1)CCCN2C. The summed E-state index contributed by atoms with van der Waals surface area (Å²) in [6, 6.07) is 6.15. The van der Waals surface area contributed by atoms with Crippen LogP contribution in [0.15, 0.2) is 18.2 Å². The first-order valence-corrected chi connectivity index (χ1v) is 11.7. The molecule has 1 fully saturated rings. The van der Waals surface area contributed by atoms with Gasteiger partial charge in [0.25, 0.3) is 5.91 Å². The lowest BCUT2D eigenvalue weighted by atomic mass is 9.80. The summed E-state index contributed by atoms with van der Waals surface area (Å²) in [4.78, 5) is 28.3. The number of fused-ring (bicyclic) bond motifs is 1. The Bertz CT molecular complexity index is 745. The topological polar surface area (TPSA) is 59.1 Å². The molecule has 31 heavy (non-hydrogen) atoms. The maximum Gasteiger partial charge on any atom is 0.305 e. The summed E-state index contributed by atoms with van der Waals surface area (Å²) < 4.78 is 10.3. The van der Waals surface area contributed by atoms with Crippen molar-refractivity contribution in [2.24, 2.45) is 11.8 Å². The number of hydrogen-bond acceptors (Lipinski definition) is 5. The van der Waals surface area contributed by atoms with Gasteiger partial charge in [-0.3, -0.25) is 9.59 Å². The molecular formula is C25H38N2O4. The number of carbonyl (C=O) groups is 2. The van der Waals surface area contributed by atoms with Crippen molar-refractivity contribution in [3.63, 3.8) is 0 Å². The van der Waals surface area contributed by atoms with E-state index in [1.807, 2.05) is 6.07 Å². The molecule has 6 heteroatoms. The monoisotopic (exact) mass is 430 g/mol. The third-order valence-electron chi connectivity index (χ3n) is 6.97. The number of methoxy groups -OCH3 is 1. The first kappa shape index (κ1) is 23.6. The summed E-state index contributed by atoms with van der Waals surface area (Å²) >= 11 is 0.